The Bertz CT molecular complexity index is 451. The Morgan fingerprint density at radius 3 is 2.35 bits per heavy atom. The molecule has 4 nitrogen and oxygen atoms in total. The molecule has 0 fully saturated rings. The molecule has 0 saturated heterocycles. The van der Waals surface area contributed by atoms with E-state index < -0.39 is 23.4 Å². The molecule has 92 valence electrons. The SMILES string of the molecule is C/C(=N/NCc1cc(F)c(F)c(F)c1)C(N)=O. The summed E-state index contributed by atoms with van der Waals surface area (Å²) in [5.74, 6) is -4.80. The van der Waals surface area contributed by atoms with Crippen LogP contribution in [-0.4, -0.2) is 11.6 Å². The maximum absolute atomic E-state index is 12.8. The third-order valence-corrected chi connectivity index (χ3v) is 1.93. The minimum Gasteiger partial charge on any atom is -0.365 e. The first kappa shape index (κ1) is 13.0. The molecule has 0 saturated carbocycles. The number of nitrogens with zero attached hydrogens (tertiary/aromatic N) is 1. The Labute approximate surface area is 95.3 Å². The largest absolute Gasteiger partial charge is 0.365 e. The molecule has 3 N–H and O–H groups in total. The fraction of sp³-hybridized carbons (Fsp3) is 0.200. The first-order valence-electron chi connectivity index (χ1n) is 4.62. The van der Waals surface area contributed by atoms with Crippen LogP contribution in [-0.2, 0) is 11.3 Å². The van der Waals surface area contributed by atoms with E-state index in [1.165, 1.54) is 6.92 Å². The van der Waals surface area contributed by atoms with Crippen LogP contribution in [0.2, 0.25) is 0 Å². The number of benzene rings is 1. The minimum absolute atomic E-state index is 0.0213. The zero-order valence-corrected chi connectivity index (χ0v) is 8.93. The zero-order valence-electron chi connectivity index (χ0n) is 8.93. The average molecular weight is 245 g/mol. The maximum Gasteiger partial charge on any atom is 0.264 e. The standard InChI is InChI=1S/C10H10F3N3O/c1-5(10(14)17)16-15-4-6-2-7(11)9(13)8(12)3-6/h2-3,15H,4H2,1H3,(H2,14,17)/b16-5-. The van der Waals surface area contributed by atoms with Crippen LogP contribution in [0, 0.1) is 17.5 Å². The second-order valence-electron chi connectivity index (χ2n) is 3.27. The van der Waals surface area contributed by atoms with E-state index >= 15 is 0 Å². The Kier molecular flexibility index (Phi) is 4.08. The van der Waals surface area contributed by atoms with Gasteiger partial charge in [0.1, 0.15) is 5.71 Å². The van der Waals surface area contributed by atoms with Gasteiger partial charge in [-0.2, -0.15) is 5.10 Å². The van der Waals surface area contributed by atoms with E-state index in [2.05, 4.69) is 10.5 Å². The molecule has 17 heavy (non-hydrogen) atoms. The summed E-state index contributed by atoms with van der Waals surface area (Å²) in [6.07, 6.45) is 0. The summed E-state index contributed by atoms with van der Waals surface area (Å²) in [5, 5.41) is 3.55. The zero-order chi connectivity index (χ0) is 13.0. The van der Waals surface area contributed by atoms with Gasteiger partial charge in [0.05, 0.1) is 6.54 Å². The first-order chi connectivity index (χ1) is 7.91. The molecule has 1 amide bonds. The molecule has 1 aromatic rings. The van der Waals surface area contributed by atoms with Gasteiger partial charge in [0.15, 0.2) is 17.5 Å². The molecule has 0 aromatic heterocycles. The highest BCUT2D eigenvalue weighted by Crippen LogP contribution is 2.13. The van der Waals surface area contributed by atoms with E-state index in [4.69, 9.17) is 5.73 Å². The summed E-state index contributed by atoms with van der Waals surface area (Å²) in [4.78, 5) is 10.6. The second-order valence-corrected chi connectivity index (χ2v) is 3.27. The molecular weight excluding hydrogens is 235 g/mol. The smallest absolute Gasteiger partial charge is 0.264 e. The highest BCUT2D eigenvalue weighted by Gasteiger charge is 2.10. The highest BCUT2D eigenvalue weighted by molar-refractivity contribution is 6.37. The number of amides is 1. The summed E-state index contributed by atoms with van der Waals surface area (Å²) >= 11 is 0. The predicted octanol–water partition coefficient (Wildman–Crippen LogP) is 1.05. The monoisotopic (exact) mass is 245 g/mol. The van der Waals surface area contributed by atoms with Crippen LogP contribution in [0.4, 0.5) is 13.2 Å². The molecule has 1 rings (SSSR count). The summed E-state index contributed by atoms with van der Waals surface area (Å²) in [6, 6.07) is 1.67. The summed E-state index contributed by atoms with van der Waals surface area (Å²) < 4.78 is 38.2. The van der Waals surface area contributed by atoms with Gasteiger partial charge in [-0.25, -0.2) is 13.2 Å². The average Bonchev–Trinajstić information content (AvgIpc) is 2.25. The van der Waals surface area contributed by atoms with Gasteiger partial charge in [0.25, 0.3) is 5.91 Å². The van der Waals surface area contributed by atoms with Crippen molar-refractivity contribution in [2.75, 3.05) is 0 Å². The Morgan fingerprint density at radius 2 is 1.88 bits per heavy atom. The minimum atomic E-state index is -1.52. The number of carbonyl (C=O) groups excluding carboxylic acids is 1. The van der Waals surface area contributed by atoms with Gasteiger partial charge >= 0.3 is 0 Å². The third-order valence-electron chi connectivity index (χ3n) is 1.93. The van der Waals surface area contributed by atoms with E-state index in [1.54, 1.807) is 0 Å². The Hall–Kier alpha value is -2.05. The van der Waals surface area contributed by atoms with Crippen molar-refractivity contribution in [1.82, 2.24) is 5.43 Å². The molecule has 0 atom stereocenters. The van der Waals surface area contributed by atoms with E-state index in [-0.39, 0.29) is 17.8 Å². The fourth-order valence-electron chi connectivity index (χ4n) is 1.01. The van der Waals surface area contributed by atoms with Gasteiger partial charge in [-0.3, -0.25) is 4.79 Å². The summed E-state index contributed by atoms with van der Waals surface area (Å²) in [5.41, 5.74) is 7.47. The van der Waals surface area contributed by atoms with Crippen molar-refractivity contribution < 1.29 is 18.0 Å². The van der Waals surface area contributed by atoms with Crippen molar-refractivity contribution in [3.63, 3.8) is 0 Å². The number of halogens is 3. The molecular formula is C10H10F3N3O. The van der Waals surface area contributed by atoms with Gasteiger partial charge in [0.2, 0.25) is 0 Å². The molecule has 7 heteroatoms. The molecule has 0 aliphatic rings. The lowest BCUT2D eigenvalue weighted by Gasteiger charge is -2.03. The van der Waals surface area contributed by atoms with E-state index in [1.807, 2.05) is 0 Å². The van der Waals surface area contributed by atoms with Crippen molar-refractivity contribution in [2.24, 2.45) is 10.8 Å². The lowest BCUT2D eigenvalue weighted by Crippen LogP contribution is -2.23. The molecule has 0 radical (unpaired) electrons. The second kappa shape index (κ2) is 5.33. The quantitative estimate of drug-likeness (QED) is 0.473. The van der Waals surface area contributed by atoms with Crippen LogP contribution < -0.4 is 11.2 Å². The number of hydrogen-bond acceptors (Lipinski definition) is 3. The molecule has 0 aliphatic heterocycles. The van der Waals surface area contributed by atoms with E-state index in [9.17, 15) is 18.0 Å². The van der Waals surface area contributed by atoms with Gasteiger partial charge in [-0.15, -0.1) is 0 Å². The van der Waals surface area contributed by atoms with Crippen molar-refractivity contribution in [3.05, 3.63) is 35.1 Å². The molecule has 0 bridgehead atoms. The van der Waals surface area contributed by atoms with Crippen molar-refractivity contribution in [1.29, 1.82) is 0 Å². The number of primary amides is 1. The van der Waals surface area contributed by atoms with Crippen LogP contribution in [0.3, 0.4) is 0 Å². The summed E-state index contributed by atoms with van der Waals surface area (Å²) in [7, 11) is 0. The van der Waals surface area contributed by atoms with Crippen LogP contribution in [0.1, 0.15) is 12.5 Å². The fourth-order valence-corrected chi connectivity index (χ4v) is 1.01. The van der Waals surface area contributed by atoms with Gasteiger partial charge in [-0.05, 0) is 24.6 Å². The predicted molar refractivity (Wildman–Crippen MR) is 55.5 cm³/mol. The van der Waals surface area contributed by atoms with Gasteiger partial charge in [0, 0.05) is 0 Å². The van der Waals surface area contributed by atoms with Gasteiger partial charge < -0.3 is 11.2 Å². The molecule has 1 aromatic carbocycles. The summed E-state index contributed by atoms with van der Waals surface area (Å²) in [6.45, 7) is 1.32. The van der Waals surface area contributed by atoms with E-state index in [0.29, 0.717) is 0 Å². The van der Waals surface area contributed by atoms with Crippen LogP contribution >= 0.6 is 0 Å². The number of carbonyl (C=O) groups is 1. The number of hydrazone groups is 1. The van der Waals surface area contributed by atoms with Crippen molar-refractivity contribution in [2.45, 2.75) is 13.5 Å². The molecule has 0 unspecified atom stereocenters. The number of nitrogens with two attached hydrogens (primary N) is 1. The topological polar surface area (TPSA) is 67.5 Å². The number of hydrogen-bond donors (Lipinski definition) is 2. The van der Waals surface area contributed by atoms with Crippen molar-refractivity contribution in [3.8, 4) is 0 Å². The lowest BCUT2D eigenvalue weighted by atomic mass is 10.2. The maximum atomic E-state index is 12.8. The Morgan fingerprint density at radius 1 is 1.35 bits per heavy atom. The van der Waals surface area contributed by atoms with Crippen LogP contribution in [0.5, 0.6) is 0 Å². The van der Waals surface area contributed by atoms with Crippen LogP contribution in [0.25, 0.3) is 0 Å². The molecule has 0 aliphatic carbocycles. The number of rotatable bonds is 4. The number of nitrogens with one attached hydrogen (secondary N) is 1. The van der Waals surface area contributed by atoms with Crippen LogP contribution in [0.15, 0.2) is 17.2 Å². The molecule has 0 heterocycles. The molecule has 0 spiro atoms. The highest BCUT2D eigenvalue weighted by atomic mass is 19.2. The van der Waals surface area contributed by atoms with Crippen molar-refractivity contribution >= 4 is 11.6 Å². The first-order valence-corrected chi connectivity index (χ1v) is 4.62. The lowest BCUT2D eigenvalue weighted by molar-refractivity contribution is -0.112. The third kappa shape index (κ3) is 3.47. The normalized spacial score (nSPS) is 11.4. The van der Waals surface area contributed by atoms with Gasteiger partial charge in [-0.1, -0.05) is 0 Å². The Balaban J connectivity index is 2.71. The van der Waals surface area contributed by atoms with E-state index in [0.717, 1.165) is 12.1 Å².